The normalized spacial score (nSPS) is 7.96. The summed E-state index contributed by atoms with van der Waals surface area (Å²) in [6, 6.07) is 16.7. The molecule has 0 saturated carbocycles. The fourth-order valence-electron chi connectivity index (χ4n) is 1.01. The van der Waals surface area contributed by atoms with Crippen LogP contribution in [0.5, 0.6) is 5.75 Å². The third kappa shape index (κ3) is 21.3. The van der Waals surface area contributed by atoms with Crippen LogP contribution in [-0.2, 0) is 0 Å². The zero-order chi connectivity index (χ0) is 18.3. The molecule has 126 valence electrons. The molecule has 0 atom stereocenters. The minimum absolute atomic E-state index is 0.104. The number of hydrogen-bond donors (Lipinski definition) is 1. The van der Waals surface area contributed by atoms with Gasteiger partial charge in [-0.2, -0.15) is 0 Å². The van der Waals surface area contributed by atoms with Crippen molar-refractivity contribution < 1.29 is 15.0 Å². The second-order valence-corrected chi connectivity index (χ2v) is 4.07. The van der Waals surface area contributed by atoms with Crippen molar-refractivity contribution in [2.75, 3.05) is 19.8 Å². The van der Waals surface area contributed by atoms with Crippen LogP contribution in [0.25, 0.3) is 0 Å². The van der Waals surface area contributed by atoms with E-state index in [1.54, 1.807) is 18.2 Å². The first-order valence-electron chi connectivity index (χ1n) is 6.36. The van der Waals surface area contributed by atoms with Gasteiger partial charge in [0, 0.05) is 15.5 Å². The van der Waals surface area contributed by atoms with Gasteiger partial charge in [-0.05, 0) is 13.0 Å². The Bertz CT molecular complexity index is 535. The Balaban J connectivity index is 0. The lowest BCUT2D eigenvalue weighted by Crippen LogP contribution is -1.94. The number of nitrogen functional groups attached to an aromatic ring is 1. The molecule has 0 spiro atoms. The molecule has 0 radical (unpaired) electrons. The lowest BCUT2D eigenvalue weighted by molar-refractivity contribution is -0.445. The maximum atomic E-state index is 10.5. The summed E-state index contributed by atoms with van der Waals surface area (Å²) in [5, 5.41) is 28.1. The Morgan fingerprint density at radius 2 is 1.17 bits per heavy atom. The quantitative estimate of drug-likeness (QED) is 0.448. The topological polar surface area (TPSA) is 135 Å². The molecule has 0 aliphatic rings. The second kappa shape index (κ2) is 13.8. The van der Waals surface area contributed by atoms with Crippen molar-refractivity contribution in [3.63, 3.8) is 0 Å². The van der Waals surface area contributed by atoms with Gasteiger partial charge in [0.1, 0.15) is 0 Å². The predicted octanol–water partition coefficient (Wildman–Crippen LogP) is 2.12. The number of hydrogen-bond acceptors (Lipinski definition) is 6. The number of para-hydroxylation sites is 2. The van der Waals surface area contributed by atoms with Crippen LogP contribution in [0.2, 0.25) is 0 Å². The second-order valence-electron chi connectivity index (χ2n) is 4.07. The summed E-state index contributed by atoms with van der Waals surface area (Å²) in [4.78, 5) is 16.6. The van der Waals surface area contributed by atoms with E-state index in [-0.39, 0.29) is 5.75 Å². The molecule has 2 rings (SSSR count). The molecule has 2 aromatic carbocycles. The van der Waals surface area contributed by atoms with E-state index in [9.17, 15) is 5.11 Å². The van der Waals surface area contributed by atoms with Crippen molar-refractivity contribution in [1.29, 1.82) is 0 Å². The molecular weight excluding hydrogens is 302 g/mol. The first kappa shape index (κ1) is 22.1. The van der Waals surface area contributed by atoms with E-state index in [1.807, 2.05) is 18.2 Å². The van der Waals surface area contributed by atoms with Gasteiger partial charge in [-0.25, -0.2) is 0 Å². The molecule has 23 heavy (non-hydrogen) atoms. The highest BCUT2D eigenvalue weighted by molar-refractivity contribution is 5.49. The van der Waals surface area contributed by atoms with Crippen LogP contribution >= 0.6 is 0 Å². The highest BCUT2D eigenvalue weighted by Gasteiger charge is 1.78. The summed E-state index contributed by atoms with van der Waals surface area (Å²) in [6.07, 6.45) is 0. The molecule has 0 aliphatic carbocycles. The van der Waals surface area contributed by atoms with Crippen LogP contribution < -0.4 is 10.8 Å². The van der Waals surface area contributed by atoms with Gasteiger partial charge in [-0.1, -0.05) is 59.8 Å². The van der Waals surface area contributed by atoms with Crippen LogP contribution in [0.15, 0.2) is 54.6 Å². The van der Waals surface area contributed by atoms with Crippen LogP contribution in [0.1, 0.15) is 5.56 Å². The lowest BCUT2D eigenvalue weighted by Gasteiger charge is -2.05. The van der Waals surface area contributed by atoms with Gasteiger partial charge in [-0.15, -0.1) is 0 Å². The first-order valence-corrected chi connectivity index (χ1v) is 6.36. The summed E-state index contributed by atoms with van der Waals surface area (Å²) in [5.41, 5.74) is 6.84. The van der Waals surface area contributed by atoms with Crippen molar-refractivity contribution in [2.24, 2.45) is 0 Å². The van der Waals surface area contributed by atoms with E-state index in [4.69, 9.17) is 26.0 Å². The Morgan fingerprint density at radius 1 is 0.826 bits per heavy atom. The Morgan fingerprint density at radius 3 is 1.39 bits per heavy atom. The molecule has 0 saturated heterocycles. The monoisotopic (exact) mass is 322 g/mol. The summed E-state index contributed by atoms with van der Waals surface area (Å²) in [7, 11) is 1.78. The molecular formula is C15H20N3O5-. The fourth-order valence-corrected chi connectivity index (χ4v) is 1.01. The number of rotatable bonds is 0. The average Bonchev–Trinajstić information content (AvgIpc) is 2.42. The van der Waals surface area contributed by atoms with Crippen molar-refractivity contribution >= 4 is 5.69 Å². The average molecular weight is 322 g/mol. The Labute approximate surface area is 134 Å². The minimum atomic E-state index is -0.500. The number of aryl methyl sites for hydroxylation is 1. The van der Waals surface area contributed by atoms with Gasteiger partial charge in [0.25, 0.3) is 0 Å². The summed E-state index contributed by atoms with van der Waals surface area (Å²) >= 11 is 0. The van der Waals surface area contributed by atoms with E-state index in [0.717, 1.165) is 14.1 Å². The van der Waals surface area contributed by atoms with Gasteiger partial charge >= 0.3 is 0 Å². The fraction of sp³-hybridized carbons (Fsp3) is 0.200. The number of benzene rings is 2. The van der Waals surface area contributed by atoms with Crippen molar-refractivity contribution in [3.05, 3.63) is 80.4 Å². The molecule has 0 aromatic heterocycles. The summed E-state index contributed by atoms with van der Waals surface area (Å²) in [6.45, 7) is 2.08. The van der Waals surface area contributed by atoms with E-state index in [1.165, 1.54) is 11.6 Å². The van der Waals surface area contributed by atoms with Gasteiger partial charge in [0.15, 0.2) is 14.1 Å². The van der Waals surface area contributed by atoms with E-state index >= 15 is 0 Å². The van der Waals surface area contributed by atoms with E-state index < -0.39 is 9.85 Å². The van der Waals surface area contributed by atoms with Gasteiger partial charge in [0.2, 0.25) is 0 Å². The molecule has 0 amide bonds. The predicted molar refractivity (Wildman–Crippen MR) is 87.3 cm³/mol. The van der Waals surface area contributed by atoms with Crippen molar-refractivity contribution in [1.82, 2.24) is 0 Å². The molecule has 0 heterocycles. The third-order valence-electron chi connectivity index (χ3n) is 1.86. The minimum Gasteiger partial charge on any atom is -0.871 e. The SMILES string of the molecule is C[N+](=O)[O-].C[N+](=O)[O-].Cc1ccccc1.Nc1ccccc1[O-]. The van der Waals surface area contributed by atoms with E-state index in [0.29, 0.717) is 5.69 Å². The highest BCUT2D eigenvalue weighted by atomic mass is 16.6. The third-order valence-corrected chi connectivity index (χ3v) is 1.86. The van der Waals surface area contributed by atoms with Gasteiger partial charge < -0.3 is 10.8 Å². The van der Waals surface area contributed by atoms with Crippen molar-refractivity contribution in [2.45, 2.75) is 6.92 Å². The van der Waals surface area contributed by atoms with Crippen LogP contribution in [0, 0.1) is 27.2 Å². The maximum Gasteiger partial charge on any atom is 0.194 e. The highest BCUT2D eigenvalue weighted by Crippen LogP contribution is 2.12. The van der Waals surface area contributed by atoms with Crippen LogP contribution in [-0.4, -0.2) is 23.9 Å². The lowest BCUT2D eigenvalue weighted by atomic mass is 10.2. The number of nitrogens with two attached hydrogens (primary N) is 1. The maximum absolute atomic E-state index is 10.5. The van der Waals surface area contributed by atoms with Gasteiger partial charge in [0.05, 0.1) is 0 Å². The molecule has 0 aliphatic heterocycles. The van der Waals surface area contributed by atoms with E-state index in [2.05, 4.69) is 19.1 Å². The molecule has 8 nitrogen and oxygen atoms in total. The summed E-state index contributed by atoms with van der Waals surface area (Å²) < 4.78 is 0. The molecule has 0 fully saturated rings. The standard InChI is InChI=1S/C7H8.C6H7NO.2CH3NO2/c1-7-5-3-2-4-6-7;7-5-3-1-2-4-6(5)8;2*1-2(3)4/h2-6H,1H3;1-4,8H,7H2;2*1H3/p-1. The molecule has 0 unspecified atom stereocenters. The molecule has 2 aromatic rings. The van der Waals surface area contributed by atoms with Gasteiger partial charge in [-0.3, -0.25) is 20.2 Å². The first-order chi connectivity index (χ1) is 10.7. The number of nitrogens with zero attached hydrogens (tertiary/aromatic N) is 2. The smallest absolute Gasteiger partial charge is 0.194 e. The number of nitro groups is 2. The van der Waals surface area contributed by atoms with Crippen LogP contribution in [0.4, 0.5) is 5.69 Å². The largest absolute Gasteiger partial charge is 0.871 e. The molecule has 0 bridgehead atoms. The summed E-state index contributed by atoms with van der Waals surface area (Å²) in [5.74, 6) is -0.104. The molecule has 8 heteroatoms. The Kier molecular flexibility index (Phi) is 13.3. The van der Waals surface area contributed by atoms with Crippen LogP contribution in [0.3, 0.4) is 0 Å². The number of anilines is 1. The van der Waals surface area contributed by atoms with Crippen molar-refractivity contribution in [3.8, 4) is 5.75 Å². The Hall–Kier alpha value is -3.16. The zero-order valence-corrected chi connectivity index (χ0v) is 13.2. The molecule has 2 N–H and O–H groups in total. The zero-order valence-electron chi connectivity index (χ0n) is 13.2.